The van der Waals surface area contributed by atoms with Crippen molar-refractivity contribution in [3.63, 3.8) is 0 Å². The summed E-state index contributed by atoms with van der Waals surface area (Å²) < 4.78 is 0. The van der Waals surface area contributed by atoms with Gasteiger partial charge < -0.3 is 5.32 Å². The third-order valence-corrected chi connectivity index (χ3v) is 2.83. The highest BCUT2D eigenvalue weighted by Crippen LogP contribution is 2.21. The molecule has 1 atom stereocenters. The second-order valence-corrected chi connectivity index (χ2v) is 3.94. The van der Waals surface area contributed by atoms with Crippen molar-refractivity contribution < 1.29 is 0 Å². The van der Waals surface area contributed by atoms with Crippen LogP contribution in [-0.4, -0.2) is 6.04 Å². The summed E-state index contributed by atoms with van der Waals surface area (Å²) in [6.45, 7) is 2.22. The maximum atomic E-state index is 3.56. The fourth-order valence-electron chi connectivity index (χ4n) is 1.94. The van der Waals surface area contributed by atoms with Crippen molar-refractivity contribution in [2.45, 2.75) is 32.2 Å². The summed E-state index contributed by atoms with van der Waals surface area (Å²) in [6.07, 6.45) is 6.17. The number of rotatable bonds is 2. The molecule has 14 heavy (non-hydrogen) atoms. The van der Waals surface area contributed by atoms with E-state index in [0.717, 1.165) is 0 Å². The van der Waals surface area contributed by atoms with E-state index in [1.165, 1.54) is 30.5 Å². The molecule has 1 nitrogen and oxygen atoms in total. The van der Waals surface area contributed by atoms with E-state index in [-0.39, 0.29) is 0 Å². The molecule has 1 heteroatoms. The van der Waals surface area contributed by atoms with E-state index < -0.39 is 0 Å². The number of para-hydroxylation sites is 1. The van der Waals surface area contributed by atoms with Crippen LogP contribution >= 0.6 is 0 Å². The van der Waals surface area contributed by atoms with E-state index in [1.54, 1.807) is 0 Å². The Bertz CT molecular complexity index is 313. The molecule has 1 aromatic rings. The van der Waals surface area contributed by atoms with Crippen molar-refractivity contribution >= 4 is 5.69 Å². The lowest BCUT2D eigenvalue weighted by Gasteiger charge is -2.24. The number of nitrogens with one attached hydrogen (secondary N) is 1. The Balaban J connectivity index is 2.04. The number of anilines is 1. The van der Waals surface area contributed by atoms with Gasteiger partial charge in [0, 0.05) is 11.7 Å². The van der Waals surface area contributed by atoms with Gasteiger partial charge in [0.2, 0.25) is 0 Å². The highest BCUT2D eigenvalue weighted by atomic mass is 14.9. The van der Waals surface area contributed by atoms with Crippen LogP contribution in [0.3, 0.4) is 0 Å². The lowest BCUT2D eigenvalue weighted by molar-refractivity contribution is 0.644. The Morgan fingerprint density at radius 1 is 1.21 bits per heavy atom. The fourth-order valence-corrected chi connectivity index (χ4v) is 1.94. The largest absolute Gasteiger partial charge is 0.379 e. The first-order valence-corrected chi connectivity index (χ1v) is 5.34. The molecule has 0 aromatic heterocycles. The van der Waals surface area contributed by atoms with Gasteiger partial charge in [-0.3, -0.25) is 0 Å². The predicted octanol–water partition coefficient (Wildman–Crippen LogP) is 3.60. The van der Waals surface area contributed by atoms with Crippen LogP contribution in [0.5, 0.6) is 0 Å². The molecule has 0 spiro atoms. The molecule has 0 saturated carbocycles. The van der Waals surface area contributed by atoms with Crippen molar-refractivity contribution in [3.8, 4) is 0 Å². The second-order valence-electron chi connectivity index (χ2n) is 3.94. The van der Waals surface area contributed by atoms with E-state index in [2.05, 4.69) is 48.6 Å². The highest BCUT2D eigenvalue weighted by Gasteiger charge is 2.13. The fraction of sp³-hybridized carbons (Fsp3) is 0.385. The van der Waals surface area contributed by atoms with Gasteiger partial charge in [0.05, 0.1) is 0 Å². The Labute approximate surface area is 85.8 Å². The topological polar surface area (TPSA) is 12.0 Å². The maximum absolute atomic E-state index is 3.56. The van der Waals surface area contributed by atoms with Crippen molar-refractivity contribution in [1.29, 1.82) is 0 Å². The molecule has 0 saturated heterocycles. The van der Waals surface area contributed by atoms with Crippen LogP contribution in [0.4, 0.5) is 5.69 Å². The van der Waals surface area contributed by atoms with E-state index in [4.69, 9.17) is 0 Å². The molecule has 0 heterocycles. The van der Waals surface area contributed by atoms with Crippen LogP contribution in [0.1, 0.15) is 26.2 Å². The van der Waals surface area contributed by atoms with Gasteiger partial charge in [0.15, 0.2) is 0 Å². The van der Waals surface area contributed by atoms with Crippen LogP contribution in [0.25, 0.3) is 0 Å². The highest BCUT2D eigenvalue weighted by molar-refractivity contribution is 5.45. The molecule has 0 aliphatic heterocycles. The number of benzene rings is 1. The zero-order chi connectivity index (χ0) is 9.80. The normalized spacial score (nSPS) is 21.5. The molecular formula is C13H17N. The second kappa shape index (κ2) is 4.32. The van der Waals surface area contributed by atoms with Crippen molar-refractivity contribution in [2.24, 2.45) is 0 Å². The van der Waals surface area contributed by atoms with Gasteiger partial charge in [0.1, 0.15) is 0 Å². The Morgan fingerprint density at radius 3 is 2.71 bits per heavy atom. The van der Waals surface area contributed by atoms with Gasteiger partial charge in [-0.25, -0.2) is 0 Å². The van der Waals surface area contributed by atoms with Crippen LogP contribution in [0, 0.1) is 0 Å². The van der Waals surface area contributed by atoms with Crippen molar-refractivity contribution in [2.75, 3.05) is 5.32 Å². The summed E-state index contributed by atoms with van der Waals surface area (Å²) in [6, 6.07) is 11.0. The first-order valence-electron chi connectivity index (χ1n) is 5.34. The lowest BCUT2D eigenvalue weighted by atomic mass is 9.95. The SMILES string of the molecule is CC1=CCCCC1Nc1ccccc1. The summed E-state index contributed by atoms with van der Waals surface area (Å²) in [7, 11) is 0. The van der Waals surface area contributed by atoms with Crippen LogP contribution in [-0.2, 0) is 0 Å². The van der Waals surface area contributed by atoms with Gasteiger partial charge in [-0.1, -0.05) is 29.8 Å². The monoisotopic (exact) mass is 187 g/mol. The minimum atomic E-state index is 0.547. The Hall–Kier alpha value is -1.24. The zero-order valence-corrected chi connectivity index (χ0v) is 8.66. The molecule has 2 rings (SSSR count). The molecule has 1 aliphatic carbocycles. The third-order valence-electron chi connectivity index (χ3n) is 2.83. The van der Waals surface area contributed by atoms with E-state index in [0.29, 0.717) is 6.04 Å². The lowest BCUT2D eigenvalue weighted by Crippen LogP contribution is -2.22. The maximum Gasteiger partial charge on any atom is 0.0471 e. The van der Waals surface area contributed by atoms with Gasteiger partial charge >= 0.3 is 0 Å². The molecule has 74 valence electrons. The molecule has 0 radical (unpaired) electrons. The molecule has 1 aliphatic rings. The summed E-state index contributed by atoms with van der Waals surface area (Å²) >= 11 is 0. The van der Waals surface area contributed by atoms with Crippen molar-refractivity contribution in [1.82, 2.24) is 0 Å². The molecule has 0 amide bonds. The smallest absolute Gasteiger partial charge is 0.0471 e. The zero-order valence-electron chi connectivity index (χ0n) is 8.66. The summed E-state index contributed by atoms with van der Waals surface area (Å²) in [5.74, 6) is 0. The molecule has 0 fully saturated rings. The van der Waals surface area contributed by atoms with E-state index in [1.807, 2.05) is 0 Å². The predicted molar refractivity (Wildman–Crippen MR) is 61.5 cm³/mol. The number of allylic oxidation sites excluding steroid dienone is 1. The van der Waals surface area contributed by atoms with Gasteiger partial charge in [0.25, 0.3) is 0 Å². The molecular weight excluding hydrogens is 170 g/mol. The van der Waals surface area contributed by atoms with Crippen LogP contribution < -0.4 is 5.32 Å². The van der Waals surface area contributed by atoms with Gasteiger partial charge in [-0.15, -0.1) is 0 Å². The Kier molecular flexibility index (Phi) is 2.87. The first-order chi connectivity index (χ1) is 6.86. The van der Waals surface area contributed by atoms with Gasteiger partial charge in [-0.05, 0) is 38.3 Å². The summed E-state index contributed by atoms with van der Waals surface area (Å²) in [5, 5.41) is 3.56. The number of hydrogen-bond donors (Lipinski definition) is 1. The quantitative estimate of drug-likeness (QED) is 0.697. The molecule has 0 bridgehead atoms. The average Bonchev–Trinajstić information content (AvgIpc) is 2.23. The van der Waals surface area contributed by atoms with Crippen molar-refractivity contribution in [3.05, 3.63) is 42.0 Å². The van der Waals surface area contributed by atoms with E-state index in [9.17, 15) is 0 Å². The van der Waals surface area contributed by atoms with Crippen LogP contribution in [0.15, 0.2) is 42.0 Å². The average molecular weight is 187 g/mol. The number of hydrogen-bond acceptors (Lipinski definition) is 1. The summed E-state index contributed by atoms with van der Waals surface area (Å²) in [4.78, 5) is 0. The first kappa shape index (κ1) is 9.32. The molecule has 1 aromatic carbocycles. The minimum absolute atomic E-state index is 0.547. The Morgan fingerprint density at radius 2 is 2.00 bits per heavy atom. The molecule has 1 N–H and O–H groups in total. The van der Waals surface area contributed by atoms with Crippen LogP contribution in [0.2, 0.25) is 0 Å². The van der Waals surface area contributed by atoms with Gasteiger partial charge in [-0.2, -0.15) is 0 Å². The molecule has 1 unspecified atom stereocenters. The minimum Gasteiger partial charge on any atom is -0.379 e. The standard InChI is InChI=1S/C13H17N/c1-11-7-5-6-10-13(11)14-12-8-3-2-4-9-12/h2-4,7-9,13-14H,5-6,10H2,1H3. The third kappa shape index (κ3) is 2.16. The van der Waals surface area contributed by atoms with E-state index >= 15 is 0 Å². The summed E-state index contributed by atoms with van der Waals surface area (Å²) in [5.41, 5.74) is 2.72.